The minimum absolute atomic E-state index is 0.114. The first-order valence-corrected chi connectivity index (χ1v) is 8.29. The van der Waals surface area contributed by atoms with Crippen molar-refractivity contribution in [3.63, 3.8) is 0 Å². The largest absolute Gasteiger partial charge is 0.298 e. The van der Waals surface area contributed by atoms with Crippen molar-refractivity contribution in [2.45, 2.75) is 25.5 Å². The summed E-state index contributed by atoms with van der Waals surface area (Å²) in [5, 5.41) is 9.03. The number of hydrazine groups is 1. The van der Waals surface area contributed by atoms with Crippen LogP contribution in [-0.4, -0.2) is 32.3 Å². The van der Waals surface area contributed by atoms with E-state index >= 15 is 0 Å². The first-order chi connectivity index (χ1) is 11.5. The molecule has 0 aliphatic carbocycles. The summed E-state index contributed by atoms with van der Waals surface area (Å²) in [5.41, 5.74) is 6.65. The SMILES string of the molecule is C=CCn1c(SCC(=O)NNC(C)=O)nnc1-c1cccc(C)c1. The second-order valence-electron chi connectivity index (χ2n) is 5.09. The van der Waals surface area contributed by atoms with Crippen LogP contribution < -0.4 is 10.9 Å². The van der Waals surface area contributed by atoms with Crippen LogP contribution in [0.4, 0.5) is 0 Å². The fraction of sp³-hybridized carbons (Fsp3) is 0.250. The number of nitrogens with zero attached hydrogens (tertiary/aromatic N) is 3. The lowest BCUT2D eigenvalue weighted by atomic mass is 10.1. The lowest BCUT2D eigenvalue weighted by Gasteiger charge is -2.08. The molecule has 1 heterocycles. The van der Waals surface area contributed by atoms with Crippen molar-refractivity contribution in [2.75, 3.05) is 5.75 Å². The number of hydrogen-bond donors (Lipinski definition) is 2. The minimum Gasteiger partial charge on any atom is -0.298 e. The van der Waals surface area contributed by atoms with Gasteiger partial charge in [-0.1, -0.05) is 41.6 Å². The Morgan fingerprint density at radius 1 is 1.33 bits per heavy atom. The molecule has 0 spiro atoms. The standard InChI is InChI=1S/C16H19N5O2S/c1-4-8-21-15(13-7-5-6-11(2)9-13)19-20-16(21)24-10-14(23)18-17-12(3)22/h4-7,9H,1,8,10H2,2-3H3,(H,17,22)(H,18,23). The third-order valence-electron chi connectivity index (χ3n) is 3.02. The van der Waals surface area contributed by atoms with Crippen molar-refractivity contribution in [2.24, 2.45) is 0 Å². The van der Waals surface area contributed by atoms with E-state index in [-0.39, 0.29) is 17.6 Å². The molecule has 0 atom stereocenters. The zero-order valence-electron chi connectivity index (χ0n) is 13.6. The highest BCUT2D eigenvalue weighted by Crippen LogP contribution is 2.24. The molecule has 2 N–H and O–H groups in total. The van der Waals surface area contributed by atoms with Crippen LogP contribution in [0.15, 0.2) is 42.1 Å². The van der Waals surface area contributed by atoms with E-state index in [0.717, 1.165) is 17.0 Å². The summed E-state index contributed by atoms with van der Waals surface area (Å²) in [6.07, 6.45) is 1.75. The second kappa shape index (κ2) is 8.30. The summed E-state index contributed by atoms with van der Waals surface area (Å²) in [5.74, 6) is 0.192. The van der Waals surface area contributed by atoms with E-state index in [1.165, 1.54) is 18.7 Å². The fourth-order valence-corrected chi connectivity index (χ4v) is 2.76. The number of thioether (sulfide) groups is 1. The molecule has 126 valence electrons. The summed E-state index contributed by atoms with van der Waals surface area (Å²) in [6, 6.07) is 7.97. The molecule has 0 saturated heterocycles. The van der Waals surface area contributed by atoms with Crippen LogP contribution in [0.25, 0.3) is 11.4 Å². The van der Waals surface area contributed by atoms with Gasteiger partial charge in [-0.05, 0) is 13.0 Å². The van der Waals surface area contributed by atoms with Crippen LogP contribution in [0.1, 0.15) is 12.5 Å². The molecule has 1 aromatic heterocycles. The average Bonchev–Trinajstić information content (AvgIpc) is 2.94. The molecule has 0 aliphatic rings. The third kappa shape index (κ3) is 4.69. The topological polar surface area (TPSA) is 88.9 Å². The van der Waals surface area contributed by atoms with E-state index in [4.69, 9.17) is 0 Å². The molecule has 0 aliphatic heterocycles. The minimum atomic E-state index is -0.329. The van der Waals surface area contributed by atoms with Crippen molar-refractivity contribution in [3.05, 3.63) is 42.5 Å². The Labute approximate surface area is 144 Å². The van der Waals surface area contributed by atoms with Crippen molar-refractivity contribution in [3.8, 4) is 11.4 Å². The monoisotopic (exact) mass is 345 g/mol. The van der Waals surface area contributed by atoms with Crippen molar-refractivity contribution in [1.29, 1.82) is 0 Å². The molecule has 7 nitrogen and oxygen atoms in total. The number of amides is 2. The molecular weight excluding hydrogens is 326 g/mol. The number of aromatic nitrogens is 3. The Hall–Kier alpha value is -2.61. The van der Waals surface area contributed by atoms with Crippen LogP contribution in [0.5, 0.6) is 0 Å². The number of benzene rings is 1. The van der Waals surface area contributed by atoms with Gasteiger partial charge in [0.15, 0.2) is 11.0 Å². The summed E-state index contributed by atoms with van der Waals surface area (Å²) in [6.45, 7) is 7.63. The maximum absolute atomic E-state index is 11.7. The molecule has 0 radical (unpaired) electrons. The molecule has 0 unspecified atom stereocenters. The number of carbonyl (C=O) groups is 2. The maximum atomic E-state index is 11.7. The Balaban J connectivity index is 2.15. The van der Waals surface area contributed by atoms with Crippen molar-refractivity contribution >= 4 is 23.6 Å². The van der Waals surface area contributed by atoms with E-state index in [0.29, 0.717) is 11.7 Å². The van der Waals surface area contributed by atoms with E-state index in [1.807, 2.05) is 35.8 Å². The molecule has 0 saturated carbocycles. The normalized spacial score (nSPS) is 10.2. The fourth-order valence-electron chi connectivity index (χ4n) is 2.01. The van der Waals surface area contributed by atoms with Crippen molar-refractivity contribution < 1.29 is 9.59 Å². The van der Waals surface area contributed by atoms with E-state index in [1.54, 1.807) is 6.08 Å². The Bertz CT molecular complexity index is 757. The van der Waals surface area contributed by atoms with Gasteiger partial charge in [0, 0.05) is 19.0 Å². The highest BCUT2D eigenvalue weighted by atomic mass is 32.2. The number of carbonyl (C=O) groups excluding carboxylic acids is 2. The molecule has 8 heteroatoms. The van der Waals surface area contributed by atoms with Crippen LogP contribution in [0.3, 0.4) is 0 Å². The summed E-state index contributed by atoms with van der Waals surface area (Å²) in [4.78, 5) is 22.5. The average molecular weight is 345 g/mol. The number of aryl methyl sites for hydroxylation is 1. The second-order valence-corrected chi connectivity index (χ2v) is 6.04. The first kappa shape index (κ1) is 17.7. The zero-order chi connectivity index (χ0) is 17.5. The van der Waals surface area contributed by atoms with E-state index in [9.17, 15) is 9.59 Å². The van der Waals surface area contributed by atoms with Gasteiger partial charge >= 0.3 is 0 Å². The molecule has 2 rings (SSSR count). The number of nitrogens with one attached hydrogen (secondary N) is 2. The maximum Gasteiger partial charge on any atom is 0.248 e. The molecule has 0 bridgehead atoms. The molecule has 0 fully saturated rings. The molecule has 2 amide bonds. The summed E-state index contributed by atoms with van der Waals surface area (Å²) in [7, 11) is 0. The van der Waals surface area contributed by atoms with Gasteiger partial charge in [-0.25, -0.2) is 0 Å². The van der Waals surface area contributed by atoms with E-state index < -0.39 is 0 Å². The molecule has 2 aromatic rings. The summed E-state index contributed by atoms with van der Waals surface area (Å²) >= 11 is 1.24. The number of allylic oxidation sites excluding steroid dienone is 1. The number of rotatable bonds is 6. The van der Waals surface area contributed by atoms with Gasteiger partial charge in [-0.2, -0.15) is 0 Å². The first-order valence-electron chi connectivity index (χ1n) is 7.30. The van der Waals surface area contributed by atoms with Crippen LogP contribution in [-0.2, 0) is 16.1 Å². The van der Waals surface area contributed by atoms with Gasteiger partial charge in [0.2, 0.25) is 11.8 Å². The Kier molecular flexibility index (Phi) is 6.14. The third-order valence-corrected chi connectivity index (χ3v) is 3.98. The lowest BCUT2D eigenvalue weighted by Crippen LogP contribution is -2.41. The Morgan fingerprint density at radius 2 is 2.12 bits per heavy atom. The van der Waals surface area contributed by atoms with Gasteiger partial charge in [0.25, 0.3) is 0 Å². The predicted octanol–water partition coefficient (Wildman–Crippen LogP) is 1.70. The number of hydrogen-bond acceptors (Lipinski definition) is 5. The van der Waals surface area contributed by atoms with Gasteiger partial charge in [0.1, 0.15) is 0 Å². The van der Waals surface area contributed by atoms with Crippen LogP contribution in [0.2, 0.25) is 0 Å². The van der Waals surface area contributed by atoms with Gasteiger partial charge in [-0.15, -0.1) is 16.8 Å². The zero-order valence-corrected chi connectivity index (χ0v) is 14.4. The molecular formula is C16H19N5O2S. The van der Waals surface area contributed by atoms with E-state index in [2.05, 4.69) is 27.6 Å². The van der Waals surface area contributed by atoms with Crippen LogP contribution >= 0.6 is 11.8 Å². The highest BCUT2D eigenvalue weighted by molar-refractivity contribution is 7.99. The van der Waals surface area contributed by atoms with Gasteiger partial charge in [0.05, 0.1) is 5.75 Å². The Morgan fingerprint density at radius 3 is 2.79 bits per heavy atom. The lowest BCUT2D eigenvalue weighted by molar-refractivity contribution is -0.126. The molecule has 1 aromatic carbocycles. The quantitative estimate of drug-likeness (QED) is 0.472. The van der Waals surface area contributed by atoms with Crippen LogP contribution in [0, 0.1) is 6.92 Å². The molecule has 24 heavy (non-hydrogen) atoms. The summed E-state index contributed by atoms with van der Waals surface area (Å²) < 4.78 is 1.90. The predicted molar refractivity (Wildman–Crippen MR) is 93.1 cm³/mol. The van der Waals surface area contributed by atoms with Crippen molar-refractivity contribution in [1.82, 2.24) is 25.6 Å². The van der Waals surface area contributed by atoms with Gasteiger partial charge < -0.3 is 0 Å². The highest BCUT2D eigenvalue weighted by Gasteiger charge is 2.15. The van der Waals surface area contributed by atoms with Gasteiger partial charge in [-0.3, -0.25) is 25.0 Å². The smallest absolute Gasteiger partial charge is 0.248 e.